The quantitative estimate of drug-likeness (QED) is 0.884. The van der Waals surface area contributed by atoms with E-state index < -0.39 is 0 Å². The van der Waals surface area contributed by atoms with Crippen LogP contribution in [0.1, 0.15) is 26.2 Å². The Morgan fingerprint density at radius 2 is 1.92 bits per heavy atom. The first-order chi connectivity index (χ1) is 12.6. The summed E-state index contributed by atoms with van der Waals surface area (Å²) >= 11 is 0. The average molecular weight is 357 g/mol. The van der Waals surface area contributed by atoms with Gasteiger partial charge >= 0.3 is 6.03 Å². The lowest BCUT2D eigenvalue weighted by atomic mass is 10.1. The van der Waals surface area contributed by atoms with Crippen molar-refractivity contribution in [3.05, 3.63) is 30.3 Å². The molecule has 3 atom stereocenters. The number of rotatable bonds is 4. The molecule has 3 amide bonds. The summed E-state index contributed by atoms with van der Waals surface area (Å²) in [5, 5.41) is 3.54. The van der Waals surface area contributed by atoms with Crippen LogP contribution in [0, 0.1) is 0 Å². The summed E-state index contributed by atoms with van der Waals surface area (Å²) in [5.41, 5.74) is 1.14. The zero-order valence-corrected chi connectivity index (χ0v) is 15.5. The van der Waals surface area contributed by atoms with Crippen LogP contribution < -0.4 is 10.2 Å². The molecule has 3 aliphatic heterocycles. The van der Waals surface area contributed by atoms with Crippen LogP contribution in [0.2, 0.25) is 0 Å². The minimum Gasteiger partial charge on any atom is -0.343 e. The molecule has 0 bridgehead atoms. The molecule has 7 heteroatoms. The van der Waals surface area contributed by atoms with Crippen molar-refractivity contribution in [1.29, 1.82) is 0 Å². The van der Waals surface area contributed by atoms with Crippen molar-refractivity contribution in [3.8, 4) is 0 Å². The number of likely N-dealkylation sites (N-methyl/N-ethyl adjacent to an activating group) is 1. The molecule has 7 nitrogen and oxygen atoms in total. The maximum absolute atomic E-state index is 13.1. The number of para-hydroxylation sites is 1. The number of amides is 3. The number of benzene rings is 1. The normalized spacial score (nSPS) is 29.2. The van der Waals surface area contributed by atoms with E-state index in [9.17, 15) is 9.59 Å². The molecule has 140 valence electrons. The van der Waals surface area contributed by atoms with Crippen LogP contribution in [0.4, 0.5) is 10.5 Å². The summed E-state index contributed by atoms with van der Waals surface area (Å²) in [4.78, 5) is 33.5. The number of urea groups is 1. The number of carbonyl (C=O) groups excluding carboxylic acids is 2. The molecule has 26 heavy (non-hydrogen) atoms. The van der Waals surface area contributed by atoms with Gasteiger partial charge in [-0.3, -0.25) is 19.9 Å². The molecule has 0 saturated carbocycles. The van der Waals surface area contributed by atoms with Gasteiger partial charge in [0.1, 0.15) is 18.5 Å². The highest BCUT2D eigenvalue weighted by Gasteiger charge is 2.55. The number of hydrogen-bond acceptors (Lipinski definition) is 5. The van der Waals surface area contributed by atoms with Crippen molar-refractivity contribution in [2.75, 3.05) is 31.6 Å². The summed E-state index contributed by atoms with van der Waals surface area (Å²) in [5.74, 6) is -0.0588. The molecular weight excluding hydrogens is 330 g/mol. The van der Waals surface area contributed by atoms with E-state index in [2.05, 4.69) is 34.2 Å². The van der Waals surface area contributed by atoms with E-state index in [0.717, 1.165) is 38.0 Å². The monoisotopic (exact) mass is 357 g/mol. The number of anilines is 1. The molecule has 4 rings (SSSR count). The van der Waals surface area contributed by atoms with Crippen LogP contribution in [0.15, 0.2) is 30.3 Å². The fourth-order valence-corrected chi connectivity index (χ4v) is 4.33. The molecule has 0 radical (unpaired) electrons. The molecule has 0 aliphatic carbocycles. The van der Waals surface area contributed by atoms with Gasteiger partial charge in [-0.05, 0) is 25.0 Å². The van der Waals surface area contributed by atoms with Crippen molar-refractivity contribution in [1.82, 2.24) is 20.0 Å². The Bertz CT molecular complexity index is 682. The summed E-state index contributed by atoms with van der Waals surface area (Å²) in [6.45, 7) is 4.37. The Hall–Kier alpha value is -2.12. The van der Waals surface area contributed by atoms with Crippen molar-refractivity contribution in [3.63, 3.8) is 0 Å². The van der Waals surface area contributed by atoms with Gasteiger partial charge in [-0.25, -0.2) is 4.79 Å². The highest BCUT2D eigenvalue weighted by molar-refractivity contribution is 6.00. The second-order valence-corrected chi connectivity index (χ2v) is 7.29. The molecule has 0 aromatic heterocycles. The highest BCUT2D eigenvalue weighted by Crippen LogP contribution is 2.32. The maximum Gasteiger partial charge on any atom is 0.327 e. The smallest absolute Gasteiger partial charge is 0.327 e. The minimum absolute atomic E-state index is 0.0588. The fourth-order valence-electron chi connectivity index (χ4n) is 4.33. The molecule has 3 heterocycles. The largest absolute Gasteiger partial charge is 0.343 e. The molecule has 1 N–H and O–H groups in total. The summed E-state index contributed by atoms with van der Waals surface area (Å²) in [7, 11) is 1.80. The van der Waals surface area contributed by atoms with Gasteiger partial charge in [-0.15, -0.1) is 0 Å². The number of hydrogen-bond donors (Lipinski definition) is 1. The SMILES string of the molecule is CCCCN1C(=O)C2C(NC3N(c4ccccc4)CCCN23)N(C)C1=O. The first-order valence-corrected chi connectivity index (χ1v) is 9.55. The summed E-state index contributed by atoms with van der Waals surface area (Å²) in [6, 6.07) is 9.76. The van der Waals surface area contributed by atoms with Crippen molar-refractivity contribution < 1.29 is 9.59 Å². The first kappa shape index (κ1) is 17.3. The molecule has 3 aliphatic rings. The summed E-state index contributed by atoms with van der Waals surface area (Å²) < 4.78 is 0. The molecule has 3 saturated heterocycles. The zero-order valence-electron chi connectivity index (χ0n) is 15.5. The number of fused-ring (bicyclic) bond motifs is 3. The van der Waals surface area contributed by atoms with E-state index in [-0.39, 0.29) is 30.4 Å². The Balaban J connectivity index is 1.62. The van der Waals surface area contributed by atoms with Crippen LogP contribution in [0.25, 0.3) is 0 Å². The van der Waals surface area contributed by atoms with Crippen LogP contribution in [-0.2, 0) is 4.79 Å². The number of nitrogens with zero attached hydrogens (tertiary/aromatic N) is 4. The Morgan fingerprint density at radius 3 is 2.65 bits per heavy atom. The van der Waals surface area contributed by atoms with Gasteiger partial charge in [-0.1, -0.05) is 31.5 Å². The van der Waals surface area contributed by atoms with Crippen molar-refractivity contribution in [2.24, 2.45) is 0 Å². The average Bonchev–Trinajstić information content (AvgIpc) is 3.07. The van der Waals surface area contributed by atoms with Gasteiger partial charge in [-0.2, -0.15) is 0 Å². The second-order valence-electron chi connectivity index (χ2n) is 7.29. The van der Waals surface area contributed by atoms with E-state index >= 15 is 0 Å². The van der Waals surface area contributed by atoms with Gasteiger partial charge in [0.2, 0.25) is 0 Å². The Morgan fingerprint density at radius 1 is 1.15 bits per heavy atom. The number of nitrogens with one attached hydrogen (secondary N) is 1. The van der Waals surface area contributed by atoms with E-state index in [4.69, 9.17) is 0 Å². The third kappa shape index (κ3) is 2.66. The van der Waals surface area contributed by atoms with Crippen LogP contribution in [0.3, 0.4) is 0 Å². The molecule has 0 spiro atoms. The van der Waals surface area contributed by atoms with E-state index in [0.29, 0.717) is 6.54 Å². The van der Waals surface area contributed by atoms with Gasteiger partial charge in [0.15, 0.2) is 0 Å². The van der Waals surface area contributed by atoms with E-state index in [1.807, 2.05) is 18.2 Å². The van der Waals surface area contributed by atoms with Crippen molar-refractivity contribution in [2.45, 2.75) is 44.7 Å². The van der Waals surface area contributed by atoms with Crippen LogP contribution >= 0.6 is 0 Å². The predicted molar refractivity (Wildman–Crippen MR) is 99.4 cm³/mol. The third-order valence-electron chi connectivity index (χ3n) is 5.69. The van der Waals surface area contributed by atoms with Crippen LogP contribution in [0.5, 0.6) is 0 Å². The Labute approximate surface area is 154 Å². The Kier molecular flexibility index (Phi) is 4.58. The molecule has 3 fully saturated rings. The topological polar surface area (TPSA) is 59.1 Å². The van der Waals surface area contributed by atoms with Gasteiger partial charge in [0, 0.05) is 32.4 Å². The maximum atomic E-state index is 13.1. The number of imide groups is 1. The lowest BCUT2D eigenvalue weighted by Crippen LogP contribution is -2.66. The molecule has 1 aromatic carbocycles. The number of unbranched alkanes of at least 4 members (excludes halogenated alkanes) is 1. The third-order valence-corrected chi connectivity index (χ3v) is 5.69. The summed E-state index contributed by atoms with van der Waals surface area (Å²) in [6.07, 6.45) is 2.46. The highest BCUT2D eigenvalue weighted by atomic mass is 16.2. The molecular formula is C19H27N5O2. The zero-order chi connectivity index (χ0) is 18.3. The molecule has 3 unspecified atom stereocenters. The number of carbonyl (C=O) groups is 2. The van der Waals surface area contributed by atoms with Crippen LogP contribution in [-0.4, -0.2) is 71.8 Å². The lowest BCUT2D eigenvalue weighted by molar-refractivity contribution is -0.138. The second kappa shape index (κ2) is 6.89. The lowest BCUT2D eigenvalue weighted by Gasteiger charge is -2.43. The van der Waals surface area contributed by atoms with Gasteiger partial charge in [0.25, 0.3) is 5.91 Å². The predicted octanol–water partition coefficient (Wildman–Crippen LogP) is 1.47. The van der Waals surface area contributed by atoms with E-state index in [1.54, 1.807) is 11.9 Å². The van der Waals surface area contributed by atoms with Gasteiger partial charge < -0.3 is 9.80 Å². The van der Waals surface area contributed by atoms with E-state index in [1.165, 1.54) is 4.90 Å². The fraction of sp³-hybridized carbons (Fsp3) is 0.579. The van der Waals surface area contributed by atoms with Gasteiger partial charge in [0.05, 0.1) is 0 Å². The standard InChI is InChI=1S/C19H27N5O2/c1-3-4-11-24-17(25)15-16(21(2)19(24)26)20-18-22(12-8-13-23(15)18)14-9-6-5-7-10-14/h5-7,9-10,15-16,18,20H,3-4,8,11-13H2,1-2H3. The molecule has 1 aromatic rings. The van der Waals surface area contributed by atoms with Crippen molar-refractivity contribution >= 4 is 17.6 Å². The minimum atomic E-state index is -0.314. The first-order valence-electron chi connectivity index (χ1n) is 9.55.